The van der Waals surface area contributed by atoms with Gasteiger partial charge in [0, 0.05) is 6.21 Å². The Morgan fingerprint density at radius 1 is 1.10 bits per heavy atom. The molecule has 2 aromatic rings. The van der Waals surface area contributed by atoms with Crippen LogP contribution in [0, 0.1) is 3.57 Å². The molecular formula is C17H18INO2. The summed E-state index contributed by atoms with van der Waals surface area (Å²) in [6, 6.07) is 12.2. The number of hydrogen-bond donors (Lipinski definition) is 0. The summed E-state index contributed by atoms with van der Waals surface area (Å²) in [6.07, 6.45) is 2.88. The summed E-state index contributed by atoms with van der Waals surface area (Å²) >= 11 is 2.23. The van der Waals surface area contributed by atoms with Crippen LogP contribution in [0.2, 0.25) is 0 Å². The first kappa shape index (κ1) is 15.8. The van der Waals surface area contributed by atoms with Gasteiger partial charge in [-0.25, -0.2) is 0 Å². The molecule has 3 nitrogen and oxygen atoms in total. The van der Waals surface area contributed by atoms with E-state index in [0.29, 0.717) is 5.75 Å². The predicted octanol–water partition coefficient (Wildman–Crippen LogP) is 4.62. The zero-order valence-electron chi connectivity index (χ0n) is 12.4. The Hall–Kier alpha value is -1.56. The molecule has 0 aliphatic carbocycles. The number of halogens is 1. The van der Waals surface area contributed by atoms with Gasteiger partial charge in [0.1, 0.15) is 0 Å². The molecule has 0 aliphatic rings. The summed E-state index contributed by atoms with van der Waals surface area (Å²) in [6.45, 7) is 2.14. The molecule has 0 aromatic heterocycles. The third-order valence-electron chi connectivity index (χ3n) is 3.16. The molecule has 110 valence electrons. The van der Waals surface area contributed by atoms with E-state index in [9.17, 15) is 0 Å². The largest absolute Gasteiger partial charge is 0.493 e. The lowest BCUT2D eigenvalue weighted by molar-refractivity contribution is 0.353. The summed E-state index contributed by atoms with van der Waals surface area (Å²) in [5.74, 6) is 1.47. The topological polar surface area (TPSA) is 30.8 Å². The molecular weight excluding hydrogens is 377 g/mol. The van der Waals surface area contributed by atoms with Crippen molar-refractivity contribution in [1.82, 2.24) is 0 Å². The Bertz CT molecular complexity index is 636. The lowest BCUT2D eigenvalue weighted by atomic mass is 10.1. The normalized spacial score (nSPS) is 10.9. The Balaban J connectivity index is 2.25. The molecule has 0 heterocycles. The second-order valence-electron chi connectivity index (χ2n) is 4.52. The summed E-state index contributed by atoms with van der Waals surface area (Å²) in [7, 11) is 3.28. The van der Waals surface area contributed by atoms with Crippen molar-refractivity contribution < 1.29 is 9.47 Å². The van der Waals surface area contributed by atoms with E-state index in [0.717, 1.165) is 27.0 Å². The number of nitrogens with zero attached hydrogens (tertiary/aromatic N) is 1. The van der Waals surface area contributed by atoms with Crippen LogP contribution in [0.3, 0.4) is 0 Å². The van der Waals surface area contributed by atoms with Crippen molar-refractivity contribution in [2.75, 3.05) is 14.2 Å². The van der Waals surface area contributed by atoms with Gasteiger partial charge >= 0.3 is 0 Å². The standard InChI is InChI=1S/C17H18INO2/c1-4-12-5-7-14(8-6-12)19-11-13-9-15(18)17(21-3)16(10-13)20-2/h5-11H,4H2,1-3H3. The third kappa shape index (κ3) is 3.97. The van der Waals surface area contributed by atoms with Gasteiger partial charge in [-0.05, 0) is 64.4 Å². The van der Waals surface area contributed by atoms with Crippen molar-refractivity contribution in [3.63, 3.8) is 0 Å². The molecule has 0 spiro atoms. The van der Waals surface area contributed by atoms with E-state index in [1.807, 2.05) is 30.5 Å². The van der Waals surface area contributed by atoms with Gasteiger partial charge in [-0.1, -0.05) is 19.1 Å². The number of benzene rings is 2. The smallest absolute Gasteiger partial charge is 0.174 e. The van der Waals surface area contributed by atoms with Crippen molar-refractivity contribution in [3.8, 4) is 11.5 Å². The van der Waals surface area contributed by atoms with Gasteiger partial charge in [0.25, 0.3) is 0 Å². The van der Waals surface area contributed by atoms with Crippen molar-refractivity contribution in [2.24, 2.45) is 4.99 Å². The maximum absolute atomic E-state index is 5.35. The molecule has 4 heteroatoms. The van der Waals surface area contributed by atoms with Gasteiger partial charge in [-0.15, -0.1) is 0 Å². The number of hydrogen-bond acceptors (Lipinski definition) is 3. The third-order valence-corrected chi connectivity index (χ3v) is 3.96. The van der Waals surface area contributed by atoms with Gasteiger partial charge in [0.15, 0.2) is 11.5 Å². The molecule has 0 amide bonds. The maximum atomic E-state index is 5.35. The van der Waals surface area contributed by atoms with Gasteiger partial charge in [0.05, 0.1) is 23.5 Å². The Morgan fingerprint density at radius 3 is 2.38 bits per heavy atom. The van der Waals surface area contributed by atoms with Crippen LogP contribution >= 0.6 is 22.6 Å². The van der Waals surface area contributed by atoms with Crippen LogP contribution in [-0.2, 0) is 6.42 Å². The molecule has 0 atom stereocenters. The molecule has 0 unspecified atom stereocenters. The van der Waals surface area contributed by atoms with Crippen LogP contribution in [0.4, 0.5) is 5.69 Å². The first-order valence-electron chi connectivity index (χ1n) is 6.72. The van der Waals surface area contributed by atoms with E-state index in [2.05, 4.69) is 46.6 Å². The predicted molar refractivity (Wildman–Crippen MR) is 95.3 cm³/mol. The van der Waals surface area contributed by atoms with Gasteiger partial charge in [0.2, 0.25) is 0 Å². The summed E-state index contributed by atoms with van der Waals surface area (Å²) in [5, 5.41) is 0. The van der Waals surface area contributed by atoms with Gasteiger partial charge in [-0.2, -0.15) is 0 Å². The van der Waals surface area contributed by atoms with E-state index in [1.165, 1.54) is 5.56 Å². The zero-order chi connectivity index (χ0) is 15.2. The summed E-state index contributed by atoms with van der Waals surface area (Å²) < 4.78 is 11.7. The quantitative estimate of drug-likeness (QED) is 0.547. The minimum atomic E-state index is 0.715. The minimum Gasteiger partial charge on any atom is -0.493 e. The van der Waals surface area contributed by atoms with Crippen LogP contribution in [0.1, 0.15) is 18.1 Å². The van der Waals surface area contributed by atoms with E-state index < -0.39 is 0 Å². The number of ether oxygens (including phenoxy) is 2. The highest BCUT2D eigenvalue weighted by Crippen LogP contribution is 2.33. The van der Waals surface area contributed by atoms with E-state index in [1.54, 1.807) is 14.2 Å². The van der Waals surface area contributed by atoms with Crippen LogP contribution in [0.5, 0.6) is 11.5 Å². The molecule has 0 bridgehead atoms. The number of aliphatic imine (C=N–C) groups is 1. The van der Waals surface area contributed by atoms with Crippen LogP contribution < -0.4 is 9.47 Å². The first-order chi connectivity index (χ1) is 10.2. The fourth-order valence-electron chi connectivity index (χ4n) is 1.98. The Morgan fingerprint density at radius 2 is 1.81 bits per heavy atom. The van der Waals surface area contributed by atoms with Crippen LogP contribution in [-0.4, -0.2) is 20.4 Å². The summed E-state index contributed by atoms with van der Waals surface area (Å²) in [4.78, 5) is 4.50. The fraction of sp³-hybridized carbons (Fsp3) is 0.235. The van der Waals surface area contributed by atoms with E-state index in [4.69, 9.17) is 9.47 Å². The van der Waals surface area contributed by atoms with Crippen molar-refractivity contribution in [1.29, 1.82) is 0 Å². The molecule has 0 N–H and O–H groups in total. The number of methoxy groups -OCH3 is 2. The summed E-state index contributed by atoms with van der Waals surface area (Å²) in [5.41, 5.74) is 3.24. The number of rotatable bonds is 5. The van der Waals surface area contributed by atoms with Crippen LogP contribution in [0.25, 0.3) is 0 Å². The molecule has 0 saturated carbocycles. The second-order valence-corrected chi connectivity index (χ2v) is 5.68. The molecule has 2 rings (SSSR count). The average Bonchev–Trinajstić information content (AvgIpc) is 2.52. The second kappa shape index (κ2) is 7.45. The fourth-order valence-corrected chi connectivity index (χ4v) is 2.82. The highest BCUT2D eigenvalue weighted by atomic mass is 127. The molecule has 2 aromatic carbocycles. The van der Waals surface area contributed by atoms with Gasteiger partial charge in [-0.3, -0.25) is 4.99 Å². The highest BCUT2D eigenvalue weighted by molar-refractivity contribution is 14.1. The Kier molecular flexibility index (Phi) is 5.61. The van der Waals surface area contributed by atoms with Crippen molar-refractivity contribution >= 4 is 34.5 Å². The minimum absolute atomic E-state index is 0.715. The van der Waals surface area contributed by atoms with E-state index >= 15 is 0 Å². The zero-order valence-corrected chi connectivity index (χ0v) is 14.5. The molecule has 21 heavy (non-hydrogen) atoms. The monoisotopic (exact) mass is 395 g/mol. The highest BCUT2D eigenvalue weighted by Gasteiger charge is 2.09. The average molecular weight is 395 g/mol. The first-order valence-corrected chi connectivity index (χ1v) is 7.80. The van der Waals surface area contributed by atoms with Gasteiger partial charge < -0.3 is 9.47 Å². The molecule has 0 fully saturated rings. The molecule has 0 aliphatic heterocycles. The lowest BCUT2D eigenvalue weighted by Crippen LogP contribution is -1.95. The molecule has 0 saturated heterocycles. The number of aryl methyl sites for hydroxylation is 1. The van der Waals surface area contributed by atoms with Crippen LogP contribution in [0.15, 0.2) is 41.4 Å². The maximum Gasteiger partial charge on any atom is 0.174 e. The van der Waals surface area contributed by atoms with Crippen molar-refractivity contribution in [3.05, 3.63) is 51.1 Å². The SMILES string of the molecule is CCc1ccc(N=Cc2cc(I)c(OC)c(OC)c2)cc1. The van der Waals surface area contributed by atoms with E-state index in [-0.39, 0.29) is 0 Å². The Labute approximate surface area is 139 Å². The van der Waals surface area contributed by atoms with Crippen molar-refractivity contribution in [2.45, 2.75) is 13.3 Å². The lowest BCUT2D eigenvalue weighted by Gasteiger charge is -2.10. The molecule has 0 radical (unpaired) electrons.